The van der Waals surface area contributed by atoms with E-state index in [2.05, 4.69) is 31.3 Å². The molecule has 2 N–H and O–H groups in total. The molecule has 6 heteroatoms. The molecule has 0 aromatic heterocycles. The molecular weight excluding hydrogens is 248 g/mol. The van der Waals surface area contributed by atoms with Crippen molar-refractivity contribution in [3.05, 3.63) is 55.9 Å². The third-order valence-electron chi connectivity index (χ3n) is 1.52. The number of isocyanates is 1. The van der Waals surface area contributed by atoms with E-state index in [0.29, 0.717) is 0 Å². The van der Waals surface area contributed by atoms with Gasteiger partial charge in [0.1, 0.15) is 5.82 Å². The van der Waals surface area contributed by atoms with Crippen molar-refractivity contribution in [3.8, 4) is 0 Å². The van der Waals surface area contributed by atoms with E-state index in [4.69, 9.17) is 14.8 Å². The SMILES string of the molecule is C=C.C=C.CN=C=O.Cc1ccc(F)c(B(O)O)c1. The summed E-state index contributed by atoms with van der Waals surface area (Å²) in [7, 11) is -0.345. The van der Waals surface area contributed by atoms with E-state index < -0.39 is 12.9 Å². The van der Waals surface area contributed by atoms with Crippen molar-refractivity contribution in [3.63, 3.8) is 0 Å². The average molecular weight is 267 g/mol. The van der Waals surface area contributed by atoms with Gasteiger partial charge in [-0.25, -0.2) is 14.2 Å². The number of aryl methyl sites for hydroxylation is 1. The Morgan fingerprint density at radius 1 is 1.26 bits per heavy atom. The van der Waals surface area contributed by atoms with Gasteiger partial charge in [-0.15, -0.1) is 26.3 Å². The lowest BCUT2D eigenvalue weighted by atomic mass is 9.79. The molecular formula is C13H19BFNO3. The van der Waals surface area contributed by atoms with Crippen LogP contribution in [0.15, 0.2) is 49.5 Å². The fraction of sp³-hybridized carbons (Fsp3) is 0.154. The lowest BCUT2D eigenvalue weighted by Gasteiger charge is -2.01. The summed E-state index contributed by atoms with van der Waals surface area (Å²) in [5, 5.41) is 17.3. The Morgan fingerprint density at radius 2 is 1.68 bits per heavy atom. The monoisotopic (exact) mass is 267 g/mol. The Hall–Kier alpha value is -2.01. The first-order valence-electron chi connectivity index (χ1n) is 5.11. The first kappa shape index (κ1) is 22.2. The van der Waals surface area contributed by atoms with Gasteiger partial charge in [-0.05, 0) is 13.0 Å². The van der Waals surface area contributed by atoms with Gasteiger partial charge in [0.05, 0.1) is 0 Å². The van der Waals surface area contributed by atoms with Crippen LogP contribution in [0.25, 0.3) is 0 Å². The number of benzene rings is 1. The van der Waals surface area contributed by atoms with Gasteiger partial charge in [0, 0.05) is 12.5 Å². The second kappa shape index (κ2) is 16.0. The van der Waals surface area contributed by atoms with Crippen LogP contribution in [-0.2, 0) is 4.79 Å². The predicted molar refractivity (Wildman–Crippen MR) is 77.5 cm³/mol. The summed E-state index contributed by atoms with van der Waals surface area (Å²) in [4.78, 5) is 11.8. The highest BCUT2D eigenvalue weighted by Gasteiger charge is 2.15. The van der Waals surface area contributed by atoms with E-state index >= 15 is 0 Å². The van der Waals surface area contributed by atoms with Crippen LogP contribution < -0.4 is 5.46 Å². The Labute approximate surface area is 113 Å². The molecule has 104 valence electrons. The Kier molecular flexibility index (Phi) is 18.7. The summed E-state index contributed by atoms with van der Waals surface area (Å²) < 4.78 is 12.7. The third-order valence-corrected chi connectivity index (χ3v) is 1.52. The zero-order valence-electron chi connectivity index (χ0n) is 11.3. The molecule has 0 saturated carbocycles. The second-order valence-corrected chi connectivity index (χ2v) is 2.71. The van der Waals surface area contributed by atoms with Crippen LogP contribution in [0.4, 0.5) is 4.39 Å². The van der Waals surface area contributed by atoms with Crippen LogP contribution in [0, 0.1) is 12.7 Å². The van der Waals surface area contributed by atoms with Crippen LogP contribution in [0.5, 0.6) is 0 Å². The minimum atomic E-state index is -1.73. The minimum absolute atomic E-state index is 0.0787. The average Bonchev–Trinajstić information content (AvgIpc) is 2.46. The van der Waals surface area contributed by atoms with E-state index in [-0.39, 0.29) is 5.46 Å². The van der Waals surface area contributed by atoms with E-state index in [1.165, 1.54) is 25.3 Å². The number of halogens is 1. The largest absolute Gasteiger partial charge is 0.491 e. The summed E-state index contributed by atoms with van der Waals surface area (Å²) in [5.74, 6) is -0.592. The molecule has 0 aliphatic heterocycles. The predicted octanol–water partition coefficient (Wildman–Crippen LogP) is 1.37. The highest BCUT2D eigenvalue weighted by atomic mass is 19.1. The molecule has 0 aliphatic carbocycles. The van der Waals surface area contributed by atoms with Gasteiger partial charge in [-0.2, -0.15) is 0 Å². The zero-order valence-corrected chi connectivity index (χ0v) is 11.3. The van der Waals surface area contributed by atoms with Crippen molar-refractivity contribution >= 4 is 18.7 Å². The Morgan fingerprint density at radius 3 is 1.95 bits per heavy atom. The maximum Gasteiger partial charge on any atom is 0.491 e. The van der Waals surface area contributed by atoms with Crippen molar-refractivity contribution in [2.24, 2.45) is 4.99 Å². The Balaban J connectivity index is -0.000000271. The van der Waals surface area contributed by atoms with Gasteiger partial charge in [0.15, 0.2) is 0 Å². The quantitative estimate of drug-likeness (QED) is 0.349. The van der Waals surface area contributed by atoms with E-state index in [9.17, 15) is 4.39 Å². The van der Waals surface area contributed by atoms with E-state index in [0.717, 1.165) is 5.56 Å². The summed E-state index contributed by atoms with van der Waals surface area (Å²) >= 11 is 0. The van der Waals surface area contributed by atoms with Crippen LogP contribution in [0.3, 0.4) is 0 Å². The number of nitrogens with zero attached hydrogens (tertiary/aromatic N) is 1. The fourth-order valence-corrected chi connectivity index (χ4v) is 0.861. The number of hydrogen-bond acceptors (Lipinski definition) is 4. The maximum absolute atomic E-state index is 12.7. The number of rotatable bonds is 1. The Bertz CT molecular complexity index is 391. The molecule has 4 nitrogen and oxygen atoms in total. The van der Waals surface area contributed by atoms with E-state index in [1.807, 2.05) is 0 Å². The van der Waals surface area contributed by atoms with Crippen LogP contribution in [0.2, 0.25) is 0 Å². The fourth-order valence-electron chi connectivity index (χ4n) is 0.861. The molecule has 0 atom stereocenters. The van der Waals surface area contributed by atoms with Crippen LogP contribution in [0.1, 0.15) is 5.56 Å². The zero-order chi connectivity index (χ0) is 15.8. The third kappa shape index (κ3) is 12.2. The molecule has 0 heterocycles. The molecule has 1 aromatic rings. The second-order valence-electron chi connectivity index (χ2n) is 2.71. The van der Waals surface area contributed by atoms with Crippen molar-refractivity contribution in [1.82, 2.24) is 0 Å². The maximum atomic E-state index is 12.7. The summed E-state index contributed by atoms with van der Waals surface area (Å²) in [5.41, 5.74) is 0.722. The van der Waals surface area contributed by atoms with Gasteiger partial charge in [0.2, 0.25) is 6.08 Å². The highest BCUT2D eigenvalue weighted by Crippen LogP contribution is 1.98. The first-order chi connectivity index (χ1) is 9.02. The molecule has 1 rings (SSSR count). The smallest absolute Gasteiger partial charge is 0.423 e. The van der Waals surface area contributed by atoms with Crippen molar-refractivity contribution in [1.29, 1.82) is 0 Å². The number of carbonyl (C=O) groups excluding carboxylic acids is 1. The molecule has 0 fully saturated rings. The molecule has 1 aromatic carbocycles. The summed E-state index contributed by atoms with van der Waals surface area (Å²) in [6, 6.07) is 4.19. The molecule has 0 spiro atoms. The normalized spacial score (nSPS) is 7.00. The van der Waals surface area contributed by atoms with Crippen LogP contribution >= 0.6 is 0 Å². The van der Waals surface area contributed by atoms with Gasteiger partial charge in [-0.3, -0.25) is 0 Å². The molecule has 0 saturated heterocycles. The number of hydrogen-bond donors (Lipinski definition) is 2. The van der Waals surface area contributed by atoms with Crippen molar-refractivity contribution < 1.29 is 19.2 Å². The number of aliphatic imine (C=N–C) groups is 1. The topological polar surface area (TPSA) is 69.9 Å². The van der Waals surface area contributed by atoms with E-state index in [1.54, 1.807) is 13.0 Å². The molecule has 19 heavy (non-hydrogen) atoms. The van der Waals surface area contributed by atoms with Gasteiger partial charge >= 0.3 is 7.12 Å². The van der Waals surface area contributed by atoms with Gasteiger partial charge < -0.3 is 10.0 Å². The molecule has 0 bridgehead atoms. The van der Waals surface area contributed by atoms with Crippen molar-refractivity contribution in [2.75, 3.05) is 7.05 Å². The standard InChI is InChI=1S/C7H8BFO2.C2H3NO.2C2H4/c1-5-2-3-7(9)6(4-5)8(10)11;1-3-2-4;2*1-2/h2-4,10-11H,1H3;1H3;2*1-2H2. The van der Waals surface area contributed by atoms with Crippen LogP contribution in [-0.4, -0.2) is 30.3 Å². The summed E-state index contributed by atoms with van der Waals surface area (Å²) in [6.07, 6.45) is 1.31. The lowest BCUT2D eigenvalue weighted by molar-refractivity contribution is 0.423. The summed E-state index contributed by atoms with van der Waals surface area (Å²) in [6.45, 7) is 13.8. The van der Waals surface area contributed by atoms with Gasteiger partial charge in [0.25, 0.3) is 0 Å². The molecule has 0 amide bonds. The van der Waals surface area contributed by atoms with Gasteiger partial charge in [-0.1, -0.05) is 17.7 Å². The highest BCUT2D eigenvalue weighted by molar-refractivity contribution is 6.58. The molecule has 0 radical (unpaired) electrons. The van der Waals surface area contributed by atoms with Crippen molar-refractivity contribution in [2.45, 2.75) is 6.92 Å². The minimum Gasteiger partial charge on any atom is -0.423 e. The molecule has 0 unspecified atom stereocenters. The first-order valence-corrected chi connectivity index (χ1v) is 5.11. The lowest BCUT2D eigenvalue weighted by Crippen LogP contribution is -2.32. The molecule has 0 aliphatic rings.